The molecule has 1 aliphatic carbocycles. The second kappa shape index (κ2) is 5.80. The Hall–Kier alpha value is -0.940. The molecule has 1 saturated carbocycles. The van der Waals surface area contributed by atoms with Gasteiger partial charge >= 0.3 is 0 Å². The smallest absolute Gasteiger partial charge is 0.229 e. The van der Waals surface area contributed by atoms with Crippen molar-refractivity contribution in [2.24, 2.45) is 0 Å². The van der Waals surface area contributed by atoms with Gasteiger partial charge in [-0.3, -0.25) is 0 Å². The molecule has 0 spiro atoms. The van der Waals surface area contributed by atoms with Crippen molar-refractivity contribution in [3.8, 4) is 0 Å². The van der Waals surface area contributed by atoms with Gasteiger partial charge < -0.3 is 14.4 Å². The average Bonchev–Trinajstić information content (AvgIpc) is 2.79. The fourth-order valence-electron chi connectivity index (χ4n) is 2.61. The normalized spacial score (nSPS) is 20.8. The van der Waals surface area contributed by atoms with E-state index in [9.17, 15) is 5.11 Å². The quantitative estimate of drug-likeness (QED) is 0.872. The summed E-state index contributed by atoms with van der Waals surface area (Å²) >= 11 is 0. The summed E-state index contributed by atoms with van der Waals surface area (Å²) in [7, 11) is 0. The van der Waals surface area contributed by atoms with Crippen molar-refractivity contribution in [2.45, 2.75) is 64.1 Å². The molecule has 0 saturated heterocycles. The molecule has 1 N–H and O–H groups in total. The largest absolute Gasteiger partial charge is 0.393 e. The molecule has 1 fully saturated rings. The maximum absolute atomic E-state index is 9.33. The van der Waals surface area contributed by atoms with Crippen LogP contribution in [0.3, 0.4) is 0 Å². The number of ether oxygens (including phenoxy) is 1. The van der Waals surface area contributed by atoms with Crippen LogP contribution in [0.5, 0.6) is 0 Å². The molecule has 0 amide bonds. The first-order chi connectivity index (χ1) is 8.66. The van der Waals surface area contributed by atoms with Crippen LogP contribution < -0.4 is 0 Å². The van der Waals surface area contributed by atoms with Crippen LogP contribution >= 0.6 is 0 Å². The van der Waals surface area contributed by atoms with E-state index in [1.807, 2.05) is 6.92 Å². The molecule has 2 rings (SSSR count). The molecule has 1 unspecified atom stereocenters. The Kier molecular flexibility index (Phi) is 4.35. The summed E-state index contributed by atoms with van der Waals surface area (Å²) in [6.07, 6.45) is 5.36. The van der Waals surface area contributed by atoms with Gasteiger partial charge in [-0.05, 0) is 26.7 Å². The summed E-state index contributed by atoms with van der Waals surface area (Å²) in [5.74, 6) is 1.14. The fraction of sp³-hybridized carbons (Fsp3) is 0.846. The fourth-order valence-corrected chi connectivity index (χ4v) is 2.61. The second-order valence-corrected chi connectivity index (χ2v) is 5.05. The number of hydrogen-bond acceptors (Lipinski definition) is 5. The highest BCUT2D eigenvalue weighted by Crippen LogP contribution is 2.39. The zero-order chi connectivity index (χ0) is 13.0. The third kappa shape index (κ3) is 2.90. The number of rotatable bonds is 5. The van der Waals surface area contributed by atoms with Gasteiger partial charge in [-0.2, -0.15) is 4.98 Å². The van der Waals surface area contributed by atoms with Crippen LogP contribution in [0.4, 0.5) is 0 Å². The standard InChI is InChI=1S/C13H22N2O3/c1-3-17-13(7-5-4-6-8-13)12-14-11(18-15-12)9-10(2)16/h10,16H,3-9H2,1-2H3. The highest BCUT2D eigenvalue weighted by Gasteiger charge is 2.39. The highest BCUT2D eigenvalue weighted by atomic mass is 16.5. The summed E-state index contributed by atoms with van der Waals surface area (Å²) < 4.78 is 11.1. The Bertz CT molecular complexity index is 365. The van der Waals surface area contributed by atoms with Crippen molar-refractivity contribution in [1.82, 2.24) is 10.1 Å². The zero-order valence-electron chi connectivity index (χ0n) is 11.2. The Balaban J connectivity index is 2.17. The van der Waals surface area contributed by atoms with Gasteiger partial charge in [0.05, 0.1) is 12.5 Å². The lowest BCUT2D eigenvalue weighted by atomic mass is 9.84. The minimum absolute atomic E-state index is 0.368. The summed E-state index contributed by atoms with van der Waals surface area (Å²) in [6, 6.07) is 0. The second-order valence-electron chi connectivity index (χ2n) is 5.05. The van der Waals surface area contributed by atoms with Gasteiger partial charge in [0.1, 0.15) is 5.60 Å². The van der Waals surface area contributed by atoms with Crippen LogP contribution in [0, 0.1) is 0 Å². The van der Waals surface area contributed by atoms with Gasteiger partial charge in [0.25, 0.3) is 0 Å². The molecule has 5 heteroatoms. The average molecular weight is 254 g/mol. The third-order valence-corrected chi connectivity index (χ3v) is 3.43. The predicted octanol–water partition coefficient (Wildman–Crippen LogP) is 2.19. The first kappa shape index (κ1) is 13.5. The van der Waals surface area contributed by atoms with E-state index in [1.54, 1.807) is 6.92 Å². The van der Waals surface area contributed by atoms with Crippen molar-refractivity contribution in [1.29, 1.82) is 0 Å². The highest BCUT2D eigenvalue weighted by molar-refractivity contribution is 5.03. The minimum Gasteiger partial charge on any atom is -0.393 e. The molecule has 18 heavy (non-hydrogen) atoms. The van der Waals surface area contributed by atoms with Gasteiger partial charge in [0, 0.05) is 6.61 Å². The summed E-state index contributed by atoms with van der Waals surface area (Å²) in [6.45, 7) is 4.36. The SMILES string of the molecule is CCOC1(c2noc(CC(C)O)n2)CCCCC1. The molecule has 1 heterocycles. The first-order valence-corrected chi connectivity index (χ1v) is 6.81. The summed E-state index contributed by atoms with van der Waals surface area (Å²) in [5, 5.41) is 13.4. The monoisotopic (exact) mass is 254 g/mol. The predicted molar refractivity (Wildman–Crippen MR) is 66.1 cm³/mol. The minimum atomic E-state index is -0.465. The third-order valence-electron chi connectivity index (χ3n) is 3.43. The number of hydrogen-bond donors (Lipinski definition) is 1. The van der Waals surface area contributed by atoms with Gasteiger partial charge in [0.2, 0.25) is 11.7 Å². The van der Waals surface area contributed by atoms with Gasteiger partial charge in [0.15, 0.2) is 0 Å². The Morgan fingerprint density at radius 3 is 2.72 bits per heavy atom. The number of aliphatic hydroxyl groups is 1. The molecule has 1 atom stereocenters. The van der Waals surface area contributed by atoms with E-state index < -0.39 is 6.10 Å². The van der Waals surface area contributed by atoms with Crippen molar-refractivity contribution in [3.05, 3.63) is 11.7 Å². The molecular weight excluding hydrogens is 232 g/mol. The topological polar surface area (TPSA) is 68.4 Å². The molecule has 0 aromatic carbocycles. The molecule has 102 valence electrons. The van der Waals surface area contributed by atoms with E-state index in [0.717, 1.165) is 25.7 Å². The van der Waals surface area contributed by atoms with Crippen LogP contribution in [0.15, 0.2) is 4.52 Å². The molecule has 0 aliphatic heterocycles. The Labute approximate surface area is 108 Å². The van der Waals surface area contributed by atoms with Gasteiger partial charge in [-0.1, -0.05) is 24.4 Å². The number of aromatic nitrogens is 2. The van der Waals surface area contributed by atoms with E-state index in [4.69, 9.17) is 9.26 Å². The molecule has 0 bridgehead atoms. The van der Waals surface area contributed by atoms with Crippen LogP contribution in [0.25, 0.3) is 0 Å². The van der Waals surface area contributed by atoms with Crippen molar-refractivity contribution < 1.29 is 14.4 Å². The lowest BCUT2D eigenvalue weighted by molar-refractivity contribution is -0.0777. The van der Waals surface area contributed by atoms with Crippen molar-refractivity contribution >= 4 is 0 Å². The van der Waals surface area contributed by atoms with Crippen LogP contribution in [-0.4, -0.2) is 28.0 Å². The van der Waals surface area contributed by atoms with E-state index in [-0.39, 0.29) is 5.60 Å². The molecule has 0 radical (unpaired) electrons. The lowest BCUT2D eigenvalue weighted by Crippen LogP contribution is -2.33. The van der Waals surface area contributed by atoms with Crippen LogP contribution in [0.1, 0.15) is 57.7 Å². The summed E-state index contributed by atoms with van der Waals surface area (Å²) in [4.78, 5) is 4.40. The first-order valence-electron chi connectivity index (χ1n) is 6.81. The number of nitrogens with zero attached hydrogens (tertiary/aromatic N) is 2. The van der Waals surface area contributed by atoms with Crippen LogP contribution in [0.2, 0.25) is 0 Å². The summed E-state index contributed by atoms with van der Waals surface area (Å²) in [5.41, 5.74) is -0.368. The zero-order valence-corrected chi connectivity index (χ0v) is 11.2. The van der Waals surface area contributed by atoms with Crippen molar-refractivity contribution in [2.75, 3.05) is 6.61 Å². The van der Waals surface area contributed by atoms with Gasteiger partial charge in [-0.25, -0.2) is 0 Å². The molecular formula is C13H22N2O3. The molecule has 1 aromatic rings. The van der Waals surface area contributed by atoms with E-state index in [1.165, 1.54) is 6.42 Å². The lowest BCUT2D eigenvalue weighted by Gasteiger charge is -2.33. The van der Waals surface area contributed by atoms with Gasteiger partial charge in [-0.15, -0.1) is 0 Å². The maximum Gasteiger partial charge on any atom is 0.229 e. The Morgan fingerprint density at radius 1 is 1.39 bits per heavy atom. The van der Waals surface area contributed by atoms with Crippen LogP contribution in [-0.2, 0) is 16.8 Å². The number of aliphatic hydroxyl groups excluding tert-OH is 1. The molecule has 5 nitrogen and oxygen atoms in total. The Morgan fingerprint density at radius 2 is 2.11 bits per heavy atom. The molecule has 1 aromatic heterocycles. The van der Waals surface area contributed by atoms with E-state index in [0.29, 0.717) is 24.7 Å². The molecule has 1 aliphatic rings. The van der Waals surface area contributed by atoms with Crippen molar-refractivity contribution in [3.63, 3.8) is 0 Å². The van der Waals surface area contributed by atoms with E-state index >= 15 is 0 Å². The van der Waals surface area contributed by atoms with E-state index in [2.05, 4.69) is 10.1 Å². The maximum atomic E-state index is 9.33.